The summed E-state index contributed by atoms with van der Waals surface area (Å²) >= 11 is 0. The monoisotopic (exact) mass is 684 g/mol. The molecule has 5 N–H and O–H groups in total. The Kier molecular flexibility index (Phi) is 15.3. The highest BCUT2D eigenvalue weighted by Gasteiger charge is 2.28. The Hall–Kier alpha value is -3.71. The second kappa shape index (κ2) is 18.9. The van der Waals surface area contributed by atoms with Crippen LogP contribution in [0.3, 0.4) is 0 Å². The van der Waals surface area contributed by atoms with Crippen LogP contribution in [0.5, 0.6) is 0 Å². The Morgan fingerprint density at radius 2 is 1.18 bits per heavy atom. The molecule has 272 valence electrons. The third kappa shape index (κ3) is 15.6. The van der Waals surface area contributed by atoms with E-state index in [-0.39, 0.29) is 19.0 Å². The molecule has 1 fully saturated rings. The summed E-state index contributed by atoms with van der Waals surface area (Å²) in [6.07, 6.45) is -1.64. The quantitative estimate of drug-likeness (QED) is 0.190. The molecule has 0 bridgehead atoms. The molecule has 49 heavy (non-hydrogen) atoms. The van der Waals surface area contributed by atoms with Crippen molar-refractivity contribution in [3.05, 3.63) is 71.3 Å². The van der Waals surface area contributed by atoms with Crippen LogP contribution in [0, 0.1) is 0 Å². The zero-order valence-electron chi connectivity index (χ0n) is 29.9. The van der Waals surface area contributed by atoms with Crippen LogP contribution < -0.4 is 16.0 Å². The highest BCUT2D eigenvalue weighted by molar-refractivity contribution is 5.76. The van der Waals surface area contributed by atoms with Gasteiger partial charge in [-0.3, -0.25) is 4.79 Å². The van der Waals surface area contributed by atoms with Crippen molar-refractivity contribution in [3.63, 3.8) is 0 Å². The van der Waals surface area contributed by atoms with Crippen molar-refractivity contribution in [2.24, 2.45) is 0 Å². The number of nitrogens with one attached hydrogen (secondary N) is 3. The van der Waals surface area contributed by atoms with E-state index < -0.39 is 47.7 Å². The Labute approximate surface area is 290 Å². The molecule has 0 radical (unpaired) electrons. The molecular weight excluding hydrogens is 628 g/mol. The molecule has 12 heteroatoms. The van der Waals surface area contributed by atoms with Crippen molar-refractivity contribution >= 4 is 18.1 Å². The molecule has 1 aliphatic heterocycles. The van der Waals surface area contributed by atoms with Gasteiger partial charge in [-0.25, -0.2) is 9.59 Å². The van der Waals surface area contributed by atoms with E-state index in [4.69, 9.17) is 14.2 Å². The minimum absolute atomic E-state index is 0.0454. The number of aliphatic hydroxyl groups is 2. The fraction of sp³-hybridized carbons (Fsp3) is 0.595. The first kappa shape index (κ1) is 39.7. The summed E-state index contributed by atoms with van der Waals surface area (Å²) in [6, 6.07) is 15.9. The average molecular weight is 685 g/mol. The lowest BCUT2D eigenvalue weighted by molar-refractivity contribution is -0.135. The molecule has 1 unspecified atom stereocenters. The van der Waals surface area contributed by atoms with Gasteiger partial charge in [-0.15, -0.1) is 0 Å². The molecule has 0 aliphatic carbocycles. The zero-order chi connectivity index (χ0) is 36.0. The number of hydrogen-bond donors (Lipinski definition) is 5. The highest BCUT2D eigenvalue weighted by Crippen LogP contribution is 2.14. The first-order valence-corrected chi connectivity index (χ1v) is 17.1. The maximum absolute atomic E-state index is 12.7. The predicted molar refractivity (Wildman–Crippen MR) is 187 cm³/mol. The highest BCUT2D eigenvalue weighted by atomic mass is 16.6. The van der Waals surface area contributed by atoms with E-state index >= 15 is 0 Å². The molecule has 2 aromatic rings. The minimum atomic E-state index is -1.04. The number of carbonyl (C=O) groups is 3. The number of carbonyl (C=O) groups excluding carboxylic acids is 3. The van der Waals surface area contributed by atoms with Crippen LogP contribution in [-0.4, -0.2) is 108 Å². The summed E-state index contributed by atoms with van der Waals surface area (Å²) in [5.41, 5.74) is 1.40. The first-order valence-electron chi connectivity index (χ1n) is 17.1. The van der Waals surface area contributed by atoms with Gasteiger partial charge in [-0.05, 0) is 77.5 Å². The van der Waals surface area contributed by atoms with Crippen LogP contribution in [-0.2, 0) is 38.3 Å². The average Bonchev–Trinajstić information content (AvgIpc) is 3.02. The number of rotatable bonds is 15. The maximum atomic E-state index is 12.7. The summed E-state index contributed by atoms with van der Waals surface area (Å²) < 4.78 is 16.2. The van der Waals surface area contributed by atoms with E-state index in [1.165, 1.54) is 0 Å². The molecule has 2 aromatic carbocycles. The van der Waals surface area contributed by atoms with Gasteiger partial charge in [0.05, 0.1) is 37.5 Å². The summed E-state index contributed by atoms with van der Waals surface area (Å²) in [6.45, 7) is 13.1. The van der Waals surface area contributed by atoms with Crippen molar-refractivity contribution in [2.45, 2.75) is 103 Å². The lowest BCUT2D eigenvalue weighted by Crippen LogP contribution is -2.53. The SMILES string of the molecule is CC(C)(C)OC(=O)N[C@@H](Cc1ccccc1)[C@@H](O)CNCC(O)[C@@H](Cc1ccc(CCC(=O)N2CCOCC2)cc1)NC(=O)OC(C)(C)C. The standard InChI is InChI=1S/C37H56N4O8/c1-36(2,3)48-34(45)39-29(22-27-10-8-7-9-11-27)31(42)24-38-25-32(43)30(40-35(46)49-37(4,5)6)23-28-14-12-26(13-15-28)16-17-33(44)41-18-20-47-21-19-41/h7-15,29-32,38,42-43H,16-25H2,1-6H3,(H,39,45)(H,40,46)/t29-,30+,31-,32?/m0/s1. The van der Waals surface area contributed by atoms with Crippen molar-refractivity contribution in [1.29, 1.82) is 0 Å². The van der Waals surface area contributed by atoms with E-state index in [0.717, 1.165) is 16.7 Å². The van der Waals surface area contributed by atoms with Crippen molar-refractivity contribution < 1.29 is 38.8 Å². The van der Waals surface area contributed by atoms with E-state index in [1.807, 2.05) is 59.5 Å². The molecule has 0 spiro atoms. The van der Waals surface area contributed by atoms with Gasteiger partial charge in [0.1, 0.15) is 11.2 Å². The molecule has 1 saturated heterocycles. The number of aryl methyl sites for hydroxylation is 1. The van der Waals surface area contributed by atoms with Crippen LogP contribution in [0.2, 0.25) is 0 Å². The van der Waals surface area contributed by atoms with Gasteiger partial charge in [0.2, 0.25) is 5.91 Å². The van der Waals surface area contributed by atoms with E-state index in [9.17, 15) is 24.6 Å². The molecule has 3 amide bonds. The molecule has 0 saturated carbocycles. The smallest absolute Gasteiger partial charge is 0.407 e. The summed E-state index contributed by atoms with van der Waals surface area (Å²) in [7, 11) is 0. The number of alkyl carbamates (subject to hydrolysis) is 2. The molecule has 0 aromatic heterocycles. The Bertz CT molecular complexity index is 1300. The van der Waals surface area contributed by atoms with Crippen LogP contribution in [0.15, 0.2) is 54.6 Å². The van der Waals surface area contributed by atoms with Crippen LogP contribution in [0.4, 0.5) is 9.59 Å². The molecule has 4 atom stereocenters. The van der Waals surface area contributed by atoms with E-state index in [0.29, 0.717) is 52.0 Å². The minimum Gasteiger partial charge on any atom is -0.444 e. The second-order valence-electron chi connectivity index (χ2n) is 14.5. The predicted octanol–water partition coefficient (Wildman–Crippen LogP) is 3.36. The van der Waals surface area contributed by atoms with Crippen LogP contribution in [0.25, 0.3) is 0 Å². The summed E-state index contributed by atoms with van der Waals surface area (Å²) in [5, 5.41) is 31.1. The third-order valence-corrected chi connectivity index (χ3v) is 7.81. The number of morpholine rings is 1. The number of nitrogens with zero attached hydrogens (tertiary/aromatic N) is 1. The Morgan fingerprint density at radius 1 is 0.735 bits per heavy atom. The first-order chi connectivity index (χ1) is 23.1. The van der Waals surface area contributed by atoms with E-state index in [2.05, 4.69) is 16.0 Å². The van der Waals surface area contributed by atoms with Crippen molar-refractivity contribution in [3.8, 4) is 0 Å². The van der Waals surface area contributed by atoms with Crippen molar-refractivity contribution in [2.75, 3.05) is 39.4 Å². The van der Waals surface area contributed by atoms with Crippen molar-refractivity contribution in [1.82, 2.24) is 20.9 Å². The molecule has 1 heterocycles. The molecular formula is C37H56N4O8. The summed E-state index contributed by atoms with van der Waals surface area (Å²) in [4.78, 5) is 39.7. The number of benzene rings is 2. The van der Waals surface area contributed by atoms with Gasteiger partial charge >= 0.3 is 12.2 Å². The second-order valence-corrected chi connectivity index (χ2v) is 14.5. The van der Waals surface area contributed by atoms with Gasteiger partial charge in [0.25, 0.3) is 0 Å². The van der Waals surface area contributed by atoms with Crippen LogP contribution >= 0.6 is 0 Å². The molecule has 3 rings (SSSR count). The topological polar surface area (TPSA) is 159 Å². The number of aliphatic hydroxyl groups excluding tert-OH is 2. The summed E-state index contributed by atoms with van der Waals surface area (Å²) in [5.74, 6) is 0.113. The maximum Gasteiger partial charge on any atom is 0.407 e. The number of amides is 3. The lowest BCUT2D eigenvalue weighted by Gasteiger charge is -2.29. The third-order valence-electron chi connectivity index (χ3n) is 7.81. The van der Waals surface area contributed by atoms with Gasteiger partial charge in [0.15, 0.2) is 0 Å². The lowest BCUT2D eigenvalue weighted by atomic mass is 9.98. The van der Waals surface area contributed by atoms with E-state index in [1.54, 1.807) is 41.5 Å². The van der Waals surface area contributed by atoms with Gasteiger partial charge in [0, 0.05) is 32.6 Å². The fourth-order valence-corrected chi connectivity index (χ4v) is 5.33. The van der Waals surface area contributed by atoms with Crippen LogP contribution in [0.1, 0.15) is 64.7 Å². The fourth-order valence-electron chi connectivity index (χ4n) is 5.33. The molecule has 12 nitrogen and oxygen atoms in total. The number of hydrogen-bond acceptors (Lipinski definition) is 9. The number of ether oxygens (including phenoxy) is 3. The van der Waals surface area contributed by atoms with Gasteiger partial charge < -0.3 is 45.3 Å². The Morgan fingerprint density at radius 3 is 1.65 bits per heavy atom. The zero-order valence-corrected chi connectivity index (χ0v) is 29.9. The largest absolute Gasteiger partial charge is 0.444 e. The molecule has 1 aliphatic rings. The normalized spacial score (nSPS) is 16.2. The Balaban J connectivity index is 1.61. The van der Waals surface area contributed by atoms with Gasteiger partial charge in [-0.2, -0.15) is 0 Å². The van der Waals surface area contributed by atoms with Gasteiger partial charge in [-0.1, -0.05) is 54.6 Å².